The highest BCUT2D eigenvalue weighted by Crippen LogP contribution is 1.98. The largest absolute Gasteiger partial charge is 0.311 e. The predicted octanol–water partition coefficient (Wildman–Crippen LogP) is 1.29. The van der Waals surface area contributed by atoms with Crippen LogP contribution in [0.2, 0.25) is 0 Å². The summed E-state index contributed by atoms with van der Waals surface area (Å²) in [5.41, 5.74) is 1.10. The van der Waals surface area contributed by atoms with Gasteiger partial charge in [0.1, 0.15) is 0 Å². The Morgan fingerprint density at radius 2 is 1.83 bits per heavy atom. The molecule has 0 N–H and O–H groups in total. The van der Waals surface area contributed by atoms with Crippen LogP contribution in [0, 0.1) is 0 Å². The van der Waals surface area contributed by atoms with E-state index >= 15 is 0 Å². The highest BCUT2D eigenvalue weighted by molar-refractivity contribution is 7.61. The summed E-state index contributed by atoms with van der Waals surface area (Å²) in [6, 6.07) is 9.66. The first kappa shape index (κ1) is 8.93. The van der Waals surface area contributed by atoms with E-state index < -0.39 is 10.5 Å². The molecular formula is C8H9NO2S. The van der Waals surface area contributed by atoms with E-state index in [-0.39, 0.29) is 0 Å². The van der Waals surface area contributed by atoms with E-state index in [1.54, 1.807) is 0 Å². The van der Waals surface area contributed by atoms with Gasteiger partial charge < -0.3 is 0 Å². The molecule has 0 aliphatic rings. The van der Waals surface area contributed by atoms with Crippen LogP contribution >= 0.6 is 0 Å². The van der Waals surface area contributed by atoms with Crippen LogP contribution in [0.5, 0.6) is 0 Å². The van der Waals surface area contributed by atoms with Gasteiger partial charge >= 0.3 is 10.5 Å². The van der Waals surface area contributed by atoms with Crippen molar-refractivity contribution in [3.63, 3.8) is 0 Å². The van der Waals surface area contributed by atoms with Gasteiger partial charge in [-0.2, -0.15) is 12.8 Å². The van der Waals surface area contributed by atoms with Gasteiger partial charge in [-0.15, -0.1) is 0 Å². The lowest BCUT2D eigenvalue weighted by atomic mass is 10.2. The second-order valence-corrected chi connectivity index (χ2v) is 3.00. The minimum atomic E-state index is -2.26. The molecular weight excluding hydrogens is 174 g/mol. The Kier molecular flexibility index (Phi) is 3.47. The topological polar surface area (TPSA) is 46.5 Å². The lowest BCUT2D eigenvalue weighted by molar-refractivity contribution is 0.620. The van der Waals surface area contributed by atoms with Crippen molar-refractivity contribution >= 4 is 10.5 Å². The van der Waals surface area contributed by atoms with Crippen molar-refractivity contribution in [2.24, 2.45) is 4.36 Å². The predicted molar refractivity (Wildman–Crippen MR) is 46.4 cm³/mol. The van der Waals surface area contributed by atoms with Crippen molar-refractivity contribution in [3.8, 4) is 0 Å². The average molecular weight is 183 g/mol. The SMILES string of the molecule is O=S(=O)=NCCc1ccccc1. The van der Waals surface area contributed by atoms with Crippen molar-refractivity contribution < 1.29 is 8.42 Å². The normalized spacial score (nSPS) is 9.33. The molecule has 0 radical (unpaired) electrons. The third-order valence-corrected chi connectivity index (χ3v) is 1.83. The smallest absolute Gasteiger partial charge is 0.172 e. The summed E-state index contributed by atoms with van der Waals surface area (Å²) >= 11 is 0. The van der Waals surface area contributed by atoms with Gasteiger partial charge in [-0.3, -0.25) is 0 Å². The van der Waals surface area contributed by atoms with Crippen LogP contribution < -0.4 is 0 Å². The Balaban J connectivity index is 2.50. The molecule has 0 amide bonds. The summed E-state index contributed by atoms with van der Waals surface area (Å²) in [4.78, 5) is 0. The van der Waals surface area contributed by atoms with E-state index in [2.05, 4.69) is 4.36 Å². The summed E-state index contributed by atoms with van der Waals surface area (Å²) in [6.45, 7) is 0.333. The molecule has 0 fully saturated rings. The molecule has 1 aromatic carbocycles. The van der Waals surface area contributed by atoms with E-state index in [0.29, 0.717) is 13.0 Å². The molecule has 0 spiro atoms. The summed E-state index contributed by atoms with van der Waals surface area (Å²) in [7, 11) is -2.26. The fraction of sp³-hybridized carbons (Fsp3) is 0.250. The van der Waals surface area contributed by atoms with Crippen molar-refractivity contribution in [1.29, 1.82) is 0 Å². The standard InChI is InChI=1S/C8H9NO2S/c10-12(11)9-7-6-8-4-2-1-3-5-8/h1-5H,6-7H2. The van der Waals surface area contributed by atoms with E-state index in [4.69, 9.17) is 0 Å². The Morgan fingerprint density at radius 3 is 2.42 bits per heavy atom. The highest BCUT2D eigenvalue weighted by atomic mass is 32.2. The van der Waals surface area contributed by atoms with Crippen LogP contribution in [0.1, 0.15) is 5.56 Å². The number of rotatable bonds is 3. The zero-order valence-corrected chi connectivity index (χ0v) is 7.29. The molecule has 0 bridgehead atoms. The van der Waals surface area contributed by atoms with Gasteiger partial charge in [-0.1, -0.05) is 30.3 Å². The second kappa shape index (κ2) is 4.66. The molecule has 0 aromatic heterocycles. The van der Waals surface area contributed by atoms with Crippen LogP contribution in [-0.2, 0) is 16.9 Å². The Bertz CT molecular complexity index is 348. The van der Waals surface area contributed by atoms with E-state index in [1.165, 1.54) is 0 Å². The summed E-state index contributed by atoms with van der Waals surface area (Å²) < 4.78 is 23.4. The fourth-order valence-electron chi connectivity index (χ4n) is 0.894. The molecule has 3 nitrogen and oxygen atoms in total. The van der Waals surface area contributed by atoms with E-state index in [9.17, 15) is 8.42 Å². The number of benzene rings is 1. The average Bonchev–Trinajstić information content (AvgIpc) is 2.05. The lowest BCUT2D eigenvalue weighted by Gasteiger charge is -1.93. The molecule has 1 aromatic rings. The van der Waals surface area contributed by atoms with Crippen molar-refractivity contribution in [2.75, 3.05) is 6.54 Å². The molecule has 0 unspecified atom stereocenters. The molecule has 4 heteroatoms. The van der Waals surface area contributed by atoms with Gasteiger partial charge in [-0.25, -0.2) is 0 Å². The molecule has 0 saturated heterocycles. The van der Waals surface area contributed by atoms with E-state index in [1.807, 2.05) is 30.3 Å². The molecule has 12 heavy (non-hydrogen) atoms. The van der Waals surface area contributed by atoms with Gasteiger partial charge in [0.05, 0.1) is 6.54 Å². The fourth-order valence-corrected chi connectivity index (χ4v) is 1.13. The minimum Gasteiger partial charge on any atom is -0.172 e. The van der Waals surface area contributed by atoms with E-state index in [0.717, 1.165) is 5.56 Å². The lowest BCUT2D eigenvalue weighted by Crippen LogP contribution is -1.87. The van der Waals surface area contributed by atoms with Gasteiger partial charge in [0.15, 0.2) is 0 Å². The Hall–Kier alpha value is -1.16. The highest BCUT2D eigenvalue weighted by Gasteiger charge is 1.88. The summed E-state index contributed by atoms with van der Waals surface area (Å²) in [5, 5.41) is 0. The first-order valence-corrected chi connectivity index (χ1v) is 4.63. The molecule has 0 heterocycles. The number of hydrogen-bond acceptors (Lipinski definition) is 3. The molecule has 0 saturated carbocycles. The molecule has 0 atom stereocenters. The third kappa shape index (κ3) is 3.30. The first-order valence-electron chi connectivity index (χ1n) is 3.60. The first-order chi connectivity index (χ1) is 5.79. The van der Waals surface area contributed by atoms with Crippen LogP contribution in [-0.4, -0.2) is 15.0 Å². The molecule has 1 rings (SSSR count). The quantitative estimate of drug-likeness (QED) is 0.709. The second-order valence-electron chi connectivity index (χ2n) is 2.31. The van der Waals surface area contributed by atoms with Gasteiger partial charge in [0.25, 0.3) is 0 Å². The summed E-state index contributed by atoms with van der Waals surface area (Å²) in [5.74, 6) is 0. The Morgan fingerprint density at radius 1 is 1.17 bits per heavy atom. The maximum atomic E-state index is 10.0. The van der Waals surface area contributed by atoms with Crippen LogP contribution in [0.15, 0.2) is 34.7 Å². The molecule has 0 aliphatic heterocycles. The zero-order chi connectivity index (χ0) is 8.81. The van der Waals surface area contributed by atoms with Gasteiger partial charge in [-0.05, 0) is 12.0 Å². The van der Waals surface area contributed by atoms with Gasteiger partial charge in [0, 0.05) is 0 Å². The Labute approximate surface area is 72.8 Å². The monoisotopic (exact) mass is 183 g/mol. The maximum Gasteiger partial charge on any atom is 0.311 e. The van der Waals surface area contributed by atoms with Crippen molar-refractivity contribution in [1.82, 2.24) is 0 Å². The van der Waals surface area contributed by atoms with Crippen LogP contribution in [0.4, 0.5) is 0 Å². The minimum absolute atomic E-state index is 0.333. The summed E-state index contributed by atoms with van der Waals surface area (Å²) in [6.07, 6.45) is 0.675. The third-order valence-electron chi connectivity index (χ3n) is 1.44. The van der Waals surface area contributed by atoms with Crippen LogP contribution in [0.25, 0.3) is 0 Å². The van der Waals surface area contributed by atoms with Crippen molar-refractivity contribution in [3.05, 3.63) is 35.9 Å². The van der Waals surface area contributed by atoms with Crippen LogP contribution in [0.3, 0.4) is 0 Å². The maximum absolute atomic E-state index is 10.0. The zero-order valence-electron chi connectivity index (χ0n) is 6.47. The molecule has 0 aliphatic carbocycles. The van der Waals surface area contributed by atoms with Gasteiger partial charge in [0.2, 0.25) is 0 Å². The number of hydrogen-bond donors (Lipinski definition) is 0. The van der Waals surface area contributed by atoms with Crippen molar-refractivity contribution in [2.45, 2.75) is 6.42 Å². The number of nitrogens with zero attached hydrogens (tertiary/aromatic N) is 1. The molecule has 64 valence electrons.